The first-order chi connectivity index (χ1) is 7.04. The van der Waals surface area contributed by atoms with Crippen LogP contribution in [0.3, 0.4) is 0 Å². The van der Waals surface area contributed by atoms with Gasteiger partial charge in [0.15, 0.2) is 5.96 Å². The molecule has 0 bridgehead atoms. The predicted octanol–water partition coefficient (Wildman–Crippen LogP) is 0.932. The third-order valence-electron chi connectivity index (χ3n) is 3.35. The number of piperazine rings is 1. The summed E-state index contributed by atoms with van der Waals surface area (Å²) in [6, 6.07) is 0.511. The largest absolute Gasteiger partial charge is 0.370 e. The Kier molecular flexibility index (Phi) is 4.39. The van der Waals surface area contributed by atoms with Gasteiger partial charge in [-0.3, -0.25) is 10.3 Å². The molecular weight excluding hydrogens is 188 g/mol. The molecule has 1 saturated heterocycles. The lowest BCUT2D eigenvalue weighted by atomic mass is 10.1. The number of nitrogens with one attached hydrogen (secondary N) is 1. The van der Waals surface area contributed by atoms with Crippen molar-refractivity contribution >= 4 is 5.96 Å². The average molecular weight is 212 g/mol. The van der Waals surface area contributed by atoms with Crippen LogP contribution in [0, 0.1) is 11.3 Å². The zero-order valence-corrected chi connectivity index (χ0v) is 10.2. The van der Waals surface area contributed by atoms with Crippen molar-refractivity contribution in [3.8, 4) is 0 Å². The molecule has 4 nitrogen and oxygen atoms in total. The Bertz CT molecular complexity index is 217. The Labute approximate surface area is 92.9 Å². The SMILES string of the molecule is CCC(C)CN1CCN(C(=N)N)CC1C. The number of rotatable bonds is 3. The molecule has 4 heteroatoms. The van der Waals surface area contributed by atoms with Gasteiger partial charge in [-0.25, -0.2) is 0 Å². The molecule has 3 N–H and O–H groups in total. The maximum atomic E-state index is 7.41. The molecule has 88 valence electrons. The summed E-state index contributed by atoms with van der Waals surface area (Å²) >= 11 is 0. The van der Waals surface area contributed by atoms with Gasteiger partial charge >= 0.3 is 0 Å². The van der Waals surface area contributed by atoms with E-state index in [0.717, 1.165) is 25.6 Å². The van der Waals surface area contributed by atoms with E-state index in [4.69, 9.17) is 11.1 Å². The molecule has 1 aliphatic rings. The van der Waals surface area contributed by atoms with Crippen LogP contribution in [0.4, 0.5) is 0 Å². The summed E-state index contributed by atoms with van der Waals surface area (Å²) in [6.07, 6.45) is 1.24. The van der Waals surface area contributed by atoms with E-state index < -0.39 is 0 Å². The van der Waals surface area contributed by atoms with Gasteiger partial charge in [0.1, 0.15) is 0 Å². The van der Waals surface area contributed by atoms with E-state index in [-0.39, 0.29) is 5.96 Å². The monoisotopic (exact) mass is 212 g/mol. The smallest absolute Gasteiger partial charge is 0.188 e. The van der Waals surface area contributed by atoms with Gasteiger partial charge in [-0.05, 0) is 12.8 Å². The number of hydrogen-bond acceptors (Lipinski definition) is 2. The molecule has 0 saturated carbocycles. The summed E-state index contributed by atoms with van der Waals surface area (Å²) in [7, 11) is 0. The van der Waals surface area contributed by atoms with Crippen molar-refractivity contribution in [2.45, 2.75) is 33.2 Å². The van der Waals surface area contributed by atoms with Crippen molar-refractivity contribution in [2.24, 2.45) is 11.7 Å². The molecule has 0 aliphatic carbocycles. The Morgan fingerprint density at radius 3 is 2.67 bits per heavy atom. The highest BCUT2D eigenvalue weighted by atomic mass is 15.3. The van der Waals surface area contributed by atoms with Crippen molar-refractivity contribution in [3.63, 3.8) is 0 Å². The van der Waals surface area contributed by atoms with Gasteiger partial charge < -0.3 is 10.6 Å². The lowest BCUT2D eigenvalue weighted by Gasteiger charge is -2.41. The van der Waals surface area contributed by atoms with E-state index in [1.165, 1.54) is 13.0 Å². The second kappa shape index (κ2) is 5.35. The number of nitrogens with two attached hydrogens (primary N) is 1. The first-order valence-corrected chi connectivity index (χ1v) is 5.87. The van der Waals surface area contributed by atoms with Gasteiger partial charge in [-0.15, -0.1) is 0 Å². The van der Waals surface area contributed by atoms with Crippen molar-refractivity contribution in [2.75, 3.05) is 26.2 Å². The fraction of sp³-hybridized carbons (Fsp3) is 0.909. The normalized spacial score (nSPS) is 25.3. The van der Waals surface area contributed by atoms with Crippen LogP contribution in [-0.4, -0.2) is 48.0 Å². The highest BCUT2D eigenvalue weighted by molar-refractivity contribution is 5.74. The van der Waals surface area contributed by atoms with E-state index in [1.54, 1.807) is 0 Å². The van der Waals surface area contributed by atoms with Crippen LogP contribution < -0.4 is 5.73 Å². The second-order valence-corrected chi connectivity index (χ2v) is 4.69. The zero-order chi connectivity index (χ0) is 11.4. The Balaban J connectivity index is 2.42. The van der Waals surface area contributed by atoms with E-state index in [9.17, 15) is 0 Å². The van der Waals surface area contributed by atoms with Crippen molar-refractivity contribution < 1.29 is 0 Å². The van der Waals surface area contributed by atoms with Crippen LogP contribution in [0.2, 0.25) is 0 Å². The van der Waals surface area contributed by atoms with Gasteiger partial charge in [-0.1, -0.05) is 20.3 Å². The molecule has 0 aromatic rings. The summed E-state index contributed by atoms with van der Waals surface area (Å²) in [5.41, 5.74) is 5.49. The lowest BCUT2D eigenvalue weighted by molar-refractivity contribution is 0.106. The third-order valence-corrected chi connectivity index (χ3v) is 3.35. The van der Waals surface area contributed by atoms with Crippen LogP contribution in [0.25, 0.3) is 0 Å². The average Bonchev–Trinajstić information content (AvgIpc) is 2.20. The Morgan fingerprint density at radius 2 is 2.20 bits per heavy atom. The number of hydrogen-bond donors (Lipinski definition) is 2. The van der Waals surface area contributed by atoms with Crippen LogP contribution in [-0.2, 0) is 0 Å². The molecule has 2 atom stereocenters. The van der Waals surface area contributed by atoms with E-state index in [0.29, 0.717) is 6.04 Å². The predicted molar refractivity (Wildman–Crippen MR) is 64.0 cm³/mol. The van der Waals surface area contributed by atoms with Gasteiger partial charge in [0.25, 0.3) is 0 Å². The molecule has 0 aromatic carbocycles. The molecule has 0 aromatic heterocycles. The van der Waals surface area contributed by atoms with Gasteiger partial charge in [0.05, 0.1) is 0 Å². The van der Waals surface area contributed by atoms with Crippen molar-refractivity contribution in [1.29, 1.82) is 5.41 Å². The molecular formula is C11H24N4. The molecule has 1 aliphatic heterocycles. The molecule has 15 heavy (non-hydrogen) atoms. The van der Waals surface area contributed by atoms with Crippen molar-refractivity contribution in [3.05, 3.63) is 0 Å². The van der Waals surface area contributed by atoms with Gasteiger partial charge in [0.2, 0.25) is 0 Å². The maximum Gasteiger partial charge on any atom is 0.188 e. The first kappa shape index (κ1) is 12.3. The van der Waals surface area contributed by atoms with Crippen LogP contribution in [0.1, 0.15) is 27.2 Å². The summed E-state index contributed by atoms with van der Waals surface area (Å²) in [5.74, 6) is 0.973. The second-order valence-electron chi connectivity index (χ2n) is 4.69. The molecule has 0 amide bonds. The molecule has 2 unspecified atom stereocenters. The topological polar surface area (TPSA) is 56.4 Å². The van der Waals surface area contributed by atoms with Crippen LogP contribution >= 0.6 is 0 Å². The zero-order valence-electron chi connectivity index (χ0n) is 10.2. The minimum atomic E-state index is 0.213. The molecule has 0 spiro atoms. The minimum Gasteiger partial charge on any atom is -0.370 e. The number of nitrogens with zero attached hydrogens (tertiary/aromatic N) is 2. The maximum absolute atomic E-state index is 7.41. The van der Waals surface area contributed by atoms with Gasteiger partial charge in [-0.2, -0.15) is 0 Å². The standard InChI is InChI=1S/C11H24N4/c1-4-9(2)7-14-5-6-15(11(12)13)8-10(14)3/h9-10H,4-8H2,1-3H3,(H3,12,13). The number of guanidine groups is 1. The Morgan fingerprint density at radius 1 is 1.53 bits per heavy atom. The van der Waals surface area contributed by atoms with E-state index in [1.807, 2.05) is 4.90 Å². The summed E-state index contributed by atoms with van der Waals surface area (Å²) in [5, 5.41) is 7.41. The molecule has 1 fully saturated rings. The summed E-state index contributed by atoms with van der Waals surface area (Å²) in [4.78, 5) is 4.46. The van der Waals surface area contributed by atoms with Gasteiger partial charge in [0, 0.05) is 32.2 Å². The minimum absolute atomic E-state index is 0.213. The highest BCUT2D eigenvalue weighted by Crippen LogP contribution is 2.12. The third kappa shape index (κ3) is 3.38. The quantitative estimate of drug-likeness (QED) is 0.540. The molecule has 1 rings (SSSR count). The summed E-state index contributed by atoms with van der Waals surface area (Å²) < 4.78 is 0. The van der Waals surface area contributed by atoms with E-state index in [2.05, 4.69) is 25.7 Å². The first-order valence-electron chi connectivity index (χ1n) is 5.87. The molecule has 1 heterocycles. The fourth-order valence-corrected chi connectivity index (χ4v) is 2.01. The molecule has 0 radical (unpaired) electrons. The fourth-order valence-electron chi connectivity index (χ4n) is 2.01. The van der Waals surface area contributed by atoms with Crippen molar-refractivity contribution in [1.82, 2.24) is 9.80 Å². The van der Waals surface area contributed by atoms with E-state index >= 15 is 0 Å². The summed E-state index contributed by atoms with van der Waals surface area (Å²) in [6.45, 7) is 10.7. The lowest BCUT2D eigenvalue weighted by Crippen LogP contribution is -2.55. The highest BCUT2D eigenvalue weighted by Gasteiger charge is 2.24. The Hall–Kier alpha value is -0.770. The van der Waals surface area contributed by atoms with Crippen LogP contribution in [0.15, 0.2) is 0 Å². The van der Waals surface area contributed by atoms with Crippen LogP contribution in [0.5, 0.6) is 0 Å².